The summed E-state index contributed by atoms with van der Waals surface area (Å²) in [5.74, 6) is -4.55. The third-order valence-corrected chi connectivity index (χ3v) is 6.26. The van der Waals surface area contributed by atoms with Crippen LogP contribution >= 0.6 is 0 Å². The number of carboxylic acid groups (broad SMARTS) is 1. The van der Waals surface area contributed by atoms with Gasteiger partial charge in [-0.2, -0.15) is 0 Å². The van der Waals surface area contributed by atoms with E-state index in [0.29, 0.717) is 4.90 Å². The van der Waals surface area contributed by atoms with Crippen molar-refractivity contribution in [2.24, 2.45) is 0 Å². The van der Waals surface area contributed by atoms with Gasteiger partial charge in [-0.25, -0.2) is 13.2 Å². The smallest absolute Gasteiger partial charge is 0.326 e. The number of carbonyl (C=O) groups is 4. The highest BCUT2D eigenvalue weighted by Gasteiger charge is 2.40. The van der Waals surface area contributed by atoms with Gasteiger partial charge >= 0.3 is 5.97 Å². The van der Waals surface area contributed by atoms with Gasteiger partial charge in [0.05, 0.1) is 16.2 Å². The molecule has 0 saturated carbocycles. The maximum atomic E-state index is 12.4. The number of hydrogen-bond acceptors (Lipinski definition) is 8. The molecule has 30 heavy (non-hydrogen) atoms. The Balaban J connectivity index is 2.03. The van der Waals surface area contributed by atoms with Crippen LogP contribution in [0.4, 0.5) is 5.69 Å². The Morgan fingerprint density at radius 1 is 1.27 bits per heavy atom. The van der Waals surface area contributed by atoms with Crippen molar-refractivity contribution in [2.45, 2.75) is 25.8 Å². The lowest BCUT2D eigenvalue weighted by atomic mass is 10.1. The van der Waals surface area contributed by atoms with Gasteiger partial charge in [0, 0.05) is 24.8 Å². The number of benzene rings is 1. The zero-order valence-corrected chi connectivity index (χ0v) is 16.7. The Labute approximate surface area is 170 Å². The lowest BCUT2D eigenvalue weighted by Crippen LogP contribution is -2.43. The molecular formula is C17H19N3O9S. The van der Waals surface area contributed by atoms with Gasteiger partial charge in [-0.15, -0.1) is 0 Å². The molecule has 0 aliphatic carbocycles. The van der Waals surface area contributed by atoms with E-state index in [1.165, 1.54) is 19.1 Å². The number of nitro benzene ring substituents is 1. The first kappa shape index (κ1) is 22.9. The molecule has 0 fully saturated rings. The molecule has 1 aliphatic heterocycles. The standard InChI is InChI=1S/C17H19N3O9S/c1-2-30(28,29)9-7-11(17(24)25)18-13(21)6-8-19-15(22)10-4-3-5-12(20(26)27)14(10)16(19)23/h3-5,11H,2,6-9H2,1H3,(H,18,21)(H,24,25). The fraction of sp³-hybridized carbons (Fsp3) is 0.412. The zero-order chi connectivity index (χ0) is 22.6. The van der Waals surface area contributed by atoms with E-state index in [1.807, 2.05) is 0 Å². The van der Waals surface area contributed by atoms with E-state index in [1.54, 1.807) is 0 Å². The SMILES string of the molecule is CCS(=O)(=O)CCC(NC(=O)CCN1C(=O)c2cccc([N+](=O)[O-])c2C1=O)C(=O)O. The summed E-state index contributed by atoms with van der Waals surface area (Å²) in [5.41, 5.74) is -1.04. The van der Waals surface area contributed by atoms with Crippen LogP contribution in [0.2, 0.25) is 0 Å². The maximum absolute atomic E-state index is 12.4. The molecule has 1 aromatic rings. The van der Waals surface area contributed by atoms with Crippen molar-refractivity contribution in [1.29, 1.82) is 0 Å². The van der Waals surface area contributed by atoms with Crippen LogP contribution in [0.5, 0.6) is 0 Å². The van der Waals surface area contributed by atoms with Crippen LogP contribution in [-0.4, -0.2) is 71.1 Å². The highest BCUT2D eigenvalue weighted by atomic mass is 32.2. The van der Waals surface area contributed by atoms with Gasteiger partial charge in [-0.3, -0.25) is 29.4 Å². The number of fused-ring (bicyclic) bond motifs is 1. The second-order valence-corrected chi connectivity index (χ2v) is 8.92. The Hall–Kier alpha value is -3.35. The molecule has 1 unspecified atom stereocenters. The summed E-state index contributed by atoms with van der Waals surface area (Å²) >= 11 is 0. The second kappa shape index (κ2) is 8.98. The predicted octanol–water partition coefficient (Wildman–Crippen LogP) is -0.0249. The van der Waals surface area contributed by atoms with Gasteiger partial charge in [0.1, 0.15) is 21.4 Å². The number of imide groups is 1. The molecule has 0 spiro atoms. The summed E-state index contributed by atoms with van der Waals surface area (Å²) in [6, 6.07) is 2.15. The lowest BCUT2D eigenvalue weighted by Gasteiger charge is -2.16. The van der Waals surface area contributed by atoms with Gasteiger partial charge < -0.3 is 10.4 Å². The highest BCUT2D eigenvalue weighted by Crippen LogP contribution is 2.30. The van der Waals surface area contributed by atoms with E-state index in [4.69, 9.17) is 5.11 Å². The van der Waals surface area contributed by atoms with E-state index in [2.05, 4.69) is 5.32 Å². The summed E-state index contributed by atoms with van der Waals surface area (Å²) in [5, 5.41) is 22.4. The van der Waals surface area contributed by atoms with Crippen molar-refractivity contribution in [2.75, 3.05) is 18.1 Å². The third-order valence-electron chi connectivity index (χ3n) is 4.53. The van der Waals surface area contributed by atoms with Crippen molar-refractivity contribution in [1.82, 2.24) is 10.2 Å². The molecule has 1 aliphatic rings. The molecule has 3 amide bonds. The predicted molar refractivity (Wildman–Crippen MR) is 102 cm³/mol. The number of amides is 3. The summed E-state index contributed by atoms with van der Waals surface area (Å²) in [6.45, 7) is 0.991. The molecular weight excluding hydrogens is 422 g/mol. The Morgan fingerprint density at radius 2 is 1.93 bits per heavy atom. The summed E-state index contributed by atoms with van der Waals surface area (Å²) in [7, 11) is -3.43. The molecule has 2 rings (SSSR count). The molecule has 2 N–H and O–H groups in total. The molecule has 1 heterocycles. The Kier molecular flexibility index (Phi) is 6.87. The average Bonchev–Trinajstić information content (AvgIpc) is 2.93. The van der Waals surface area contributed by atoms with Gasteiger partial charge in [0.2, 0.25) is 5.91 Å². The van der Waals surface area contributed by atoms with Crippen molar-refractivity contribution in [3.8, 4) is 0 Å². The molecule has 0 bridgehead atoms. The minimum absolute atomic E-state index is 0.150. The van der Waals surface area contributed by atoms with Crippen LogP contribution < -0.4 is 5.32 Å². The molecule has 1 aromatic carbocycles. The Bertz CT molecular complexity index is 1020. The molecule has 1 atom stereocenters. The molecule has 0 aromatic heterocycles. The number of nitrogens with zero attached hydrogens (tertiary/aromatic N) is 2. The topological polar surface area (TPSA) is 181 Å². The van der Waals surface area contributed by atoms with Crippen LogP contribution in [0.3, 0.4) is 0 Å². The minimum Gasteiger partial charge on any atom is -0.480 e. The number of carboxylic acids is 1. The van der Waals surface area contributed by atoms with Crippen molar-refractivity contribution < 1.29 is 37.6 Å². The largest absolute Gasteiger partial charge is 0.480 e. The third kappa shape index (κ3) is 4.97. The van der Waals surface area contributed by atoms with E-state index in [-0.39, 0.29) is 23.3 Å². The summed E-state index contributed by atoms with van der Waals surface area (Å²) < 4.78 is 23.1. The summed E-state index contributed by atoms with van der Waals surface area (Å²) in [6.07, 6.45) is -0.792. The summed E-state index contributed by atoms with van der Waals surface area (Å²) in [4.78, 5) is 59.1. The Morgan fingerprint density at radius 3 is 2.50 bits per heavy atom. The number of nitrogens with one attached hydrogen (secondary N) is 1. The highest BCUT2D eigenvalue weighted by molar-refractivity contribution is 7.91. The van der Waals surface area contributed by atoms with Crippen LogP contribution in [0.15, 0.2) is 18.2 Å². The fourth-order valence-electron chi connectivity index (χ4n) is 2.85. The van der Waals surface area contributed by atoms with Crippen molar-refractivity contribution in [3.05, 3.63) is 39.4 Å². The van der Waals surface area contributed by atoms with Gasteiger partial charge in [-0.05, 0) is 12.5 Å². The van der Waals surface area contributed by atoms with E-state index >= 15 is 0 Å². The lowest BCUT2D eigenvalue weighted by molar-refractivity contribution is -0.385. The number of sulfone groups is 1. The molecule has 0 saturated heterocycles. The van der Waals surface area contributed by atoms with Crippen LogP contribution in [0.1, 0.15) is 40.5 Å². The normalized spacial score (nSPS) is 14.4. The van der Waals surface area contributed by atoms with Gasteiger partial charge in [0.25, 0.3) is 17.5 Å². The van der Waals surface area contributed by atoms with Crippen LogP contribution in [-0.2, 0) is 19.4 Å². The second-order valence-electron chi connectivity index (χ2n) is 6.45. The number of rotatable bonds is 10. The average molecular weight is 441 g/mol. The van der Waals surface area contributed by atoms with Gasteiger partial charge in [0.15, 0.2) is 0 Å². The number of nitro groups is 1. The first-order valence-corrected chi connectivity index (χ1v) is 10.7. The molecule has 162 valence electrons. The van der Waals surface area contributed by atoms with Crippen molar-refractivity contribution in [3.63, 3.8) is 0 Å². The quantitative estimate of drug-likeness (QED) is 0.286. The monoisotopic (exact) mass is 441 g/mol. The number of carbonyl (C=O) groups excluding carboxylic acids is 3. The first-order valence-electron chi connectivity index (χ1n) is 8.84. The van der Waals surface area contributed by atoms with Crippen LogP contribution in [0.25, 0.3) is 0 Å². The van der Waals surface area contributed by atoms with Crippen LogP contribution in [0, 0.1) is 10.1 Å². The number of hydrogen-bond donors (Lipinski definition) is 2. The van der Waals surface area contributed by atoms with E-state index < -0.39 is 68.9 Å². The van der Waals surface area contributed by atoms with Gasteiger partial charge in [-0.1, -0.05) is 13.0 Å². The maximum Gasteiger partial charge on any atom is 0.326 e. The van der Waals surface area contributed by atoms with Crippen molar-refractivity contribution >= 4 is 39.2 Å². The first-order chi connectivity index (χ1) is 14.0. The number of aliphatic carboxylic acids is 1. The van der Waals surface area contributed by atoms with E-state index in [0.717, 1.165) is 6.07 Å². The zero-order valence-electron chi connectivity index (χ0n) is 15.9. The molecule has 12 nitrogen and oxygen atoms in total. The molecule has 0 radical (unpaired) electrons. The van der Waals surface area contributed by atoms with E-state index in [9.17, 15) is 37.7 Å². The minimum atomic E-state index is -3.43. The molecule has 13 heteroatoms. The fourth-order valence-corrected chi connectivity index (χ4v) is 3.73.